The van der Waals surface area contributed by atoms with Crippen molar-refractivity contribution in [3.8, 4) is 22.9 Å². The molecule has 1 amide bonds. The van der Waals surface area contributed by atoms with Gasteiger partial charge in [-0.25, -0.2) is 28.1 Å². The third-order valence-corrected chi connectivity index (χ3v) is 7.39. The summed E-state index contributed by atoms with van der Waals surface area (Å²) < 4.78 is 38.5. The number of sulfonamides is 1. The fourth-order valence-corrected chi connectivity index (χ4v) is 5.07. The van der Waals surface area contributed by atoms with Crippen molar-refractivity contribution in [2.24, 2.45) is 0 Å². The molecule has 0 fully saturated rings. The number of rotatable bonds is 10. The van der Waals surface area contributed by atoms with Crippen molar-refractivity contribution in [1.29, 1.82) is 0 Å². The lowest BCUT2D eigenvalue weighted by Crippen LogP contribution is -2.16. The van der Waals surface area contributed by atoms with Gasteiger partial charge >= 0.3 is 0 Å². The number of carbonyl (C=O) groups excluding carboxylic acids is 1. The molecule has 0 radical (unpaired) electrons. The molecule has 14 heteroatoms. The first-order valence-corrected chi connectivity index (χ1v) is 14.0. The fraction of sp³-hybridized carbons (Fsp3) is 0.120. The van der Waals surface area contributed by atoms with Crippen LogP contribution >= 0.6 is 11.8 Å². The number of benzene rings is 1. The number of nitrogens with one attached hydrogen (secondary N) is 2. The van der Waals surface area contributed by atoms with Gasteiger partial charge in [-0.05, 0) is 61.5 Å². The summed E-state index contributed by atoms with van der Waals surface area (Å²) in [5, 5.41) is 11.5. The molecule has 4 heterocycles. The van der Waals surface area contributed by atoms with Gasteiger partial charge in [0, 0.05) is 29.8 Å². The number of carbonyl (C=O) groups is 1. The lowest BCUT2D eigenvalue weighted by Gasteiger charge is -2.09. The quantitative estimate of drug-likeness (QED) is 0.231. The van der Waals surface area contributed by atoms with Crippen molar-refractivity contribution in [2.75, 3.05) is 15.8 Å². The molecular weight excluding hydrogens is 542 g/mol. The summed E-state index contributed by atoms with van der Waals surface area (Å²) in [4.78, 5) is 25.0. The number of nitrogens with zero attached hydrogens (tertiary/aromatic N) is 5. The minimum Gasteiger partial charge on any atom is -0.463 e. The topological polar surface area (TPSA) is 166 Å². The van der Waals surface area contributed by atoms with Crippen LogP contribution in [0.5, 0.6) is 0 Å². The summed E-state index contributed by atoms with van der Waals surface area (Å²) in [6.07, 6.45) is 4.70. The van der Waals surface area contributed by atoms with Crippen molar-refractivity contribution in [3.63, 3.8) is 0 Å². The van der Waals surface area contributed by atoms with Gasteiger partial charge in [0.1, 0.15) is 5.69 Å². The van der Waals surface area contributed by atoms with Crippen molar-refractivity contribution < 1.29 is 22.0 Å². The molecule has 198 valence electrons. The highest BCUT2D eigenvalue weighted by Gasteiger charge is 2.19. The molecule has 0 atom stereocenters. The Morgan fingerprint density at radius 1 is 0.923 bits per heavy atom. The number of thioether (sulfide) groups is 1. The molecule has 12 nitrogen and oxygen atoms in total. The van der Waals surface area contributed by atoms with Gasteiger partial charge in [-0.3, -0.25) is 4.79 Å². The van der Waals surface area contributed by atoms with Crippen molar-refractivity contribution in [3.05, 3.63) is 79.0 Å². The van der Waals surface area contributed by atoms with Gasteiger partial charge in [0.2, 0.25) is 17.0 Å². The Morgan fingerprint density at radius 2 is 1.64 bits per heavy atom. The van der Waals surface area contributed by atoms with Crippen LogP contribution in [0.15, 0.2) is 92.2 Å². The molecular formula is C25H21N7O5S2. The Hall–Kier alpha value is -4.56. The molecule has 0 spiro atoms. The second kappa shape index (κ2) is 11.4. The zero-order valence-electron chi connectivity index (χ0n) is 20.4. The maximum Gasteiger partial charge on any atom is 0.264 e. The predicted octanol–water partition coefficient (Wildman–Crippen LogP) is 4.41. The normalized spacial score (nSPS) is 11.3. The highest BCUT2D eigenvalue weighted by molar-refractivity contribution is 7.99. The van der Waals surface area contributed by atoms with Crippen LogP contribution in [-0.2, 0) is 14.8 Å². The summed E-state index contributed by atoms with van der Waals surface area (Å²) in [6, 6.07) is 14.5. The summed E-state index contributed by atoms with van der Waals surface area (Å²) in [5.74, 6) is 1.14. The Labute approximate surface area is 227 Å². The Kier molecular flexibility index (Phi) is 7.65. The molecule has 2 N–H and O–H groups in total. The second-order valence-electron chi connectivity index (χ2n) is 8.04. The van der Waals surface area contributed by atoms with Crippen LogP contribution in [0.1, 0.15) is 12.1 Å². The maximum absolute atomic E-state index is 12.6. The average molecular weight is 564 g/mol. The summed E-state index contributed by atoms with van der Waals surface area (Å²) in [5.41, 5.74) is 2.02. The molecule has 39 heavy (non-hydrogen) atoms. The number of anilines is 2. The van der Waals surface area contributed by atoms with Crippen molar-refractivity contribution in [1.82, 2.24) is 25.1 Å². The molecule has 0 aliphatic rings. The van der Waals surface area contributed by atoms with E-state index in [-0.39, 0.29) is 23.2 Å². The number of amides is 1. The molecule has 5 aromatic rings. The third-order valence-electron chi connectivity index (χ3n) is 5.21. The van der Waals surface area contributed by atoms with Gasteiger partial charge < -0.3 is 14.2 Å². The molecule has 4 aromatic heterocycles. The first-order valence-electron chi connectivity index (χ1n) is 11.5. The third kappa shape index (κ3) is 6.48. The lowest BCUT2D eigenvalue weighted by atomic mass is 10.2. The molecule has 0 saturated carbocycles. The number of furan rings is 2. The smallest absolute Gasteiger partial charge is 0.264 e. The SMILES string of the molecule is Cc1ccnc(NS(=O)(=O)c2ccc(NC(=O)CCSc3nnc(-c4ccco4)c(-c4ccco4)n3)cc2)n1. The van der Waals surface area contributed by atoms with Crippen LogP contribution in [0.2, 0.25) is 0 Å². The van der Waals surface area contributed by atoms with E-state index in [1.54, 1.807) is 37.3 Å². The van der Waals surface area contributed by atoms with E-state index in [0.717, 1.165) is 0 Å². The maximum atomic E-state index is 12.6. The molecule has 1 aromatic carbocycles. The molecule has 5 rings (SSSR count). The highest BCUT2D eigenvalue weighted by atomic mass is 32.2. The molecule has 0 aliphatic carbocycles. The number of hydrogen-bond acceptors (Lipinski definition) is 11. The Balaban J connectivity index is 1.17. The van der Waals surface area contributed by atoms with E-state index in [1.807, 2.05) is 0 Å². The standard InChI is InChI=1S/C25H21N7O5S2/c1-16-10-12-26-24(27-16)32-39(34,35)18-8-6-17(7-9-18)28-21(33)11-15-38-25-29-22(19-4-2-13-36-19)23(30-31-25)20-5-3-14-37-20/h2-10,12-14H,11,15H2,1H3,(H,28,33)(H,26,27,32). The van der Waals surface area contributed by atoms with E-state index < -0.39 is 10.0 Å². The van der Waals surface area contributed by atoms with E-state index in [1.165, 1.54) is 54.8 Å². The van der Waals surface area contributed by atoms with Gasteiger partial charge in [-0.1, -0.05) is 11.8 Å². The molecule has 0 saturated heterocycles. The number of aromatic nitrogens is 5. The van der Waals surface area contributed by atoms with Crippen LogP contribution in [-0.4, -0.2) is 45.2 Å². The second-order valence-corrected chi connectivity index (χ2v) is 10.8. The Morgan fingerprint density at radius 3 is 2.31 bits per heavy atom. The Bertz CT molecular complexity index is 1670. The molecule has 0 bridgehead atoms. The number of hydrogen-bond donors (Lipinski definition) is 2. The van der Waals surface area contributed by atoms with Gasteiger partial charge in [0.05, 0.1) is 17.4 Å². The van der Waals surface area contributed by atoms with Gasteiger partial charge in [0.25, 0.3) is 10.0 Å². The van der Waals surface area contributed by atoms with Crippen molar-refractivity contribution >= 4 is 39.3 Å². The van der Waals surface area contributed by atoms with E-state index in [0.29, 0.717) is 45.2 Å². The number of aryl methyl sites for hydroxylation is 1. The minimum absolute atomic E-state index is 0.0103. The first-order chi connectivity index (χ1) is 18.9. The van der Waals surface area contributed by atoms with Gasteiger partial charge in [-0.15, -0.1) is 10.2 Å². The van der Waals surface area contributed by atoms with Crippen molar-refractivity contribution in [2.45, 2.75) is 23.4 Å². The zero-order chi connectivity index (χ0) is 27.2. The largest absolute Gasteiger partial charge is 0.463 e. The average Bonchev–Trinajstić information content (AvgIpc) is 3.64. The van der Waals surface area contributed by atoms with E-state index in [4.69, 9.17) is 8.83 Å². The van der Waals surface area contributed by atoms with Crippen LogP contribution in [0.3, 0.4) is 0 Å². The van der Waals surface area contributed by atoms with Crippen LogP contribution in [0, 0.1) is 6.92 Å². The van der Waals surface area contributed by atoms with E-state index in [2.05, 4.69) is 35.2 Å². The zero-order valence-corrected chi connectivity index (χ0v) is 22.1. The summed E-state index contributed by atoms with van der Waals surface area (Å²) in [6.45, 7) is 1.73. The van der Waals surface area contributed by atoms with E-state index >= 15 is 0 Å². The van der Waals surface area contributed by atoms with Crippen LogP contribution in [0.25, 0.3) is 22.9 Å². The van der Waals surface area contributed by atoms with Gasteiger partial charge in [0.15, 0.2) is 17.2 Å². The molecule has 0 aliphatic heterocycles. The molecule has 0 unspecified atom stereocenters. The van der Waals surface area contributed by atoms with E-state index in [9.17, 15) is 13.2 Å². The first kappa shape index (κ1) is 26.1. The summed E-state index contributed by atoms with van der Waals surface area (Å²) in [7, 11) is -3.88. The lowest BCUT2D eigenvalue weighted by molar-refractivity contribution is -0.115. The minimum atomic E-state index is -3.88. The monoisotopic (exact) mass is 563 g/mol. The van der Waals surface area contributed by atoms with Crippen LogP contribution in [0.4, 0.5) is 11.6 Å². The highest BCUT2D eigenvalue weighted by Crippen LogP contribution is 2.30. The van der Waals surface area contributed by atoms with Gasteiger partial charge in [-0.2, -0.15) is 0 Å². The fourth-order valence-electron chi connectivity index (χ4n) is 3.39. The van der Waals surface area contributed by atoms with Crippen LogP contribution < -0.4 is 10.0 Å². The predicted molar refractivity (Wildman–Crippen MR) is 143 cm³/mol. The summed E-state index contributed by atoms with van der Waals surface area (Å²) >= 11 is 1.27.